The van der Waals surface area contributed by atoms with Crippen LogP contribution in [0.25, 0.3) is 0 Å². The third-order valence-corrected chi connectivity index (χ3v) is 3.21. The maximum atomic E-state index is 10.4. The summed E-state index contributed by atoms with van der Waals surface area (Å²) in [6, 6.07) is 0. The summed E-state index contributed by atoms with van der Waals surface area (Å²) in [6.45, 7) is 0. The molecule has 1 aromatic heterocycles. The number of aryl methyl sites for hydroxylation is 1. The molecule has 14 heavy (non-hydrogen) atoms. The first-order chi connectivity index (χ1) is 6.63. The fourth-order valence-corrected chi connectivity index (χ4v) is 2.64. The van der Waals surface area contributed by atoms with Crippen LogP contribution < -0.4 is 0 Å². The summed E-state index contributed by atoms with van der Waals surface area (Å²) in [7, 11) is 1.85. The minimum Gasteiger partial charge on any atom is -0.379 e. The van der Waals surface area contributed by atoms with E-state index < -0.39 is 5.60 Å². The third kappa shape index (κ3) is 1.53. The second kappa shape index (κ2) is 3.51. The molecule has 1 atom stereocenters. The van der Waals surface area contributed by atoms with E-state index in [1.165, 1.54) is 0 Å². The monoisotopic (exact) mass is 256 g/mol. The smallest absolute Gasteiger partial charge is 0.125 e. The van der Waals surface area contributed by atoms with Gasteiger partial charge in [0.25, 0.3) is 0 Å². The molecule has 0 radical (unpaired) electrons. The second-order valence-corrected chi connectivity index (χ2v) is 4.54. The van der Waals surface area contributed by atoms with E-state index in [4.69, 9.17) is 0 Å². The Kier molecular flexibility index (Phi) is 2.49. The zero-order chi connectivity index (χ0) is 10.2. The van der Waals surface area contributed by atoms with E-state index in [-0.39, 0.29) is 0 Å². The van der Waals surface area contributed by atoms with Crippen molar-refractivity contribution >= 4 is 15.9 Å². The molecule has 1 aromatic rings. The van der Waals surface area contributed by atoms with Crippen molar-refractivity contribution in [2.75, 3.05) is 0 Å². The molecule has 1 unspecified atom stereocenters. The highest BCUT2D eigenvalue weighted by Crippen LogP contribution is 2.35. The van der Waals surface area contributed by atoms with Crippen molar-refractivity contribution in [1.82, 2.24) is 9.78 Å². The first kappa shape index (κ1) is 9.93. The summed E-state index contributed by atoms with van der Waals surface area (Å²) in [4.78, 5) is 0. The average molecular weight is 257 g/mol. The molecular formula is C10H13BrN2O. The molecule has 0 aliphatic heterocycles. The lowest BCUT2D eigenvalue weighted by molar-refractivity contribution is 0.0633. The van der Waals surface area contributed by atoms with Crippen molar-refractivity contribution in [2.45, 2.75) is 24.9 Å². The van der Waals surface area contributed by atoms with Crippen molar-refractivity contribution in [3.63, 3.8) is 0 Å². The number of rotatable bonds is 1. The van der Waals surface area contributed by atoms with Gasteiger partial charge in [-0.25, -0.2) is 0 Å². The Bertz CT molecular complexity index is 353. The van der Waals surface area contributed by atoms with E-state index in [0.29, 0.717) is 0 Å². The summed E-state index contributed by atoms with van der Waals surface area (Å²) in [6.07, 6.45) is 8.46. The first-order valence-electron chi connectivity index (χ1n) is 4.71. The molecule has 1 heterocycles. The van der Waals surface area contributed by atoms with E-state index in [0.717, 1.165) is 29.4 Å². The van der Waals surface area contributed by atoms with Crippen molar-refractivity contribution in [2.24, 2.45) is 7.05 Å². The number of allylic oxidation sites excluding steroid dienone is 1. The molecule has 1 aliphatic carbocycles. The predicted molar refractivity (Wildman–Crippen MR) is 57.8 cm³/mol. The molecule has 3 nitrogen and oxygen atoms in total. The molecule has 0 aromatic carbocycles. The van der Waals surface area contributed by atoms with Gasteiger partial charge in [-0.2, -0.15) is 5.10 Å². The number of aromatic nitrogens is 2. The summed E-state index contributed by atoms with van der Waals surface area (Å²) in [5, 5.41) is 14.5. The molecule has 0 bridgehead atoms. The van der Waals surface area contributed by atoms with E-state index in [2.05, 4.69) is 21.0 Å². The Labute approximate surface area is 91.6 Å². The molecule has 2 rings (SSSR count). The molecule has 1 N–H and O–H groups in total. The minimum atomic E-state index is -0.845. The second-order valence-electron chi connectivity index (χ2n) is 3.68. The molecule has 0 spiro atoms. The van der Waals surface area contributed by atoms with Gasteiger partial charge in [-0.15, -0.1) is 0 Å². The zero-order valence-electron chi connectivity index (χ0n) is 8.07. The molecule has 0 amide bonds. The molecule has 0 fully saturated rings. The highest BCUT2D eigenvalue weighted by atomic mass is 79.9. The van der Waals surface area contributed by atoms with Gasteiger partial charge in [-0.1, -0.05) is 12.2 Å². The van der Waals surface area contributed by atoms with Gasteiger partial charge in [0, 0.05) is 7.05 Å². The van der Waals surface area contributed by atoms with Crippen LogP contribution in [0.2, 0.25) is 0 Å². The van der Waals surface area contributed by atoms with Crippen LogP contribution in [-0.4, -0.2) is 14.9 Å². The number of halogens is 1. The zero-order valence-corrected chi connectivity index (χ0v) is 9.66. The van der Waals surface area contributed by atoms with Crippen molar-refractivity contribution in [3.05, 3.63) is 28.5 Å². The van der Waals surface area contributed by atoms with Crippen LogP contribution in [0.1, 0.15) is 25.0 Å². The van der Waals surface area contributed by atoms with E-state index in [1.807, 2.05) is 19.2 Å². The van der Waals surface area contributed by atoms with Crippen LogP contribution in [0.4, 0.5) is 0 Å². The SMILES string of the molecule is Cn1ncc(Br)c1C1(O)C=CCCC1. The summed E-state index contributed by atoms with van der Waals surface area (Å²) < 4.78 is 2.59. The van der Waals surface area contributed by atoms with Crippen LogP contribution in [0.5, 0.6) is 0 Å². The molecule has 4 heteroatoms. The van der Waals surface area contributed by atoms with Crippen LogP contribution in [0.3, 0.4) is 0 Å². The summed E-state index contributed by atoms with van der Waals surface area (Å²) >= 11 is 3.41. The van der Waals surface area contributed by atoms with Gasteiger partial charge in [-0.3, -0.25) is 4.68 Å². The lowest BCUT2D eigenvalue weighted by Crippen LogP contribution is -2.28. The molecule has 1 aliphatic rings. The van der Waals surface area contributed by atoms with Gasteiger partial charge in [0.15, 0.2) is 0 Å². The predicted octanol–water partition coefficient (Wildman–Crippen LogP) is 2.11. The van der Waals surface area contributed by atoms with Crippen LogP contribution in [0, 0.1) is 0 Å². The standard InChI is InChI=1S/C10H13BrN2O/c1-13-9(8(11)7-12-13)10(14)5-3-2-4-6-10/h3,5,7,14H,2,4,6H2,1H3. The number of hydrogen-bond acceptors (Lipinski definition) is 2. The number of nitrogens with zero attached hydrogens (tertiary/aromatic N) is 2. The van der Waals surface area contributed by atoms with Gasteiger partial charge < -0.3 is 5.11 Å². The highest BCUT2D eigenvalue weighted by Gasteiger charge is 2.32. The summed E-state index contributed by atoms with van der Waals surface area (Å²) in [5.41, 5.74) is -0.00375. The topological polar surface area (TPSA) is 38.0 Å². The maximum Gasteiger partial charge on any atom is 0.125 e. The fourth-order valence-electron chi connectivity index (χ4n) is 1.95. The van der Waals surface area contributed by atoms with E-state index in [1.54, 1.807) is 10.9 Å². The molecule has 0 saturated heterocycles. The Hall–Kier alpha value is -0.610. The van der Waals surface area contributed by atoms with E-state index in [9.17, 15) is 5.11 Å². The van der Waals surface area contributed by atoms with Crippen molar-refractivity contribution < 1.29 is 5.11 Å². The first-order valence-corrected chi connectivity index (χ1v) is 5.51. The summed E-state index contributed by atoms with van der Waals surface area (Å²) in [5.74, 6) is 0. The van der Waals surface area contributed by atoms with Gasteiger partial charge in [-0.05, 0) is 35.2 Å². The van der Waals surface area contributed by atoms with Gasteiger partial charge >= 0.3 is 0 Å². The molecule has 76 valence electrons. The Morgan fingerprint density at radius 2 is 2.43 bits per heavy atom. The molecular weight excluding hydrogens is 244 g/mol. The van der Waals surface area contributed by atoms with Gasteiger partial charge in [0.2, 0.25) is 0 Å². The van der Waals surface area contributed by atoms with Crippen LogP contribution in [0.15, 0.2) is 22.8 Å². The lowest BCUT2D eigenvalue weighted by atomic mass is 9.88. The third-order valence-electron chi connectivity index (χ3n) is 2.63. The normalized spacial score (nSPS) is 26.8. The number of hydrogen-bond donors (Lipinski definition) is 1. The van der Waals surface area contributed by atoms with E-state index >= 15 is 0 Å². The van der Waals surface area contributed by atoms with Gasteiger partial charge in [0.1, 0.15) is 5.60 Å². The van der Waals surface area contributed by atoms with Gasteiger partial charge in [0.05, 0.1) is 16.4 Å². The average Bonchev–Trinajstić information content (AvgIpc) is 2.48. The van der Waals surface area contributed by atoms with Crippen molar-refractivity contribution in [1.29, 1.82) is 0 Å². The maximum absolute atomic E-state index is 10.4. The lowest BCUT2D eigenvalue weighted by Gasteiger charge is -2.28. The Morgan fingerprint density at radius 3 is 2.93 bits per heavy atom. The minimum absolute atomic E-state index is 0.766. The van der Waals surface area contributed by atoms with Crippen molar-refractivity contribution in [3.8, 4) is 0 Å². The fraction of sp³-hybridized carbons (Fsp3) is 0.500. The largest absolute Gasteiger partial charge is 0.379 e. The van der Waals surface area contributed by atoms with Crippen LogP contribution in [-0.2, 0) is 12.6 Å². The quantitative estimate of drug-likeness (QED) is 0.782. The van der Waals surface area contributed by atoms with Crippen LogP contribution >= 0.6 is 15.9 Å². The molecule has 0 saturated carbocycles. The number of aliphatic hydroxyl groups is 1. The Balaban J connectivity index is 2.47. The highest BCUT2D eigenvalue weighted by molar-refractivity contribution is 9.10. The Morgan fingerprint density at radius 1 is 1.64 bits per heavy atom.